The fourth-order valence-corrected chi connectivity index (χ4v) is 2.97. The lowest BCUT2D eigenvalue weighted by Crippen LogP contribution is -2.26. The van der Waals surface area contributed by atoms with Crippen molar-refractivity contribution in [3.05, 3.63) is 50.9 Å². The molecule has 4 nitrogen and oxygen atoms in total. The molecular weight excluding hydrogens is 282 g/mol. The summed E-state index contributed by atoms with van der Waals surface area (Å²) in [4.78, 5) is 18.0. The van der Waals surface area contributed by atoms with Crippen LogP contribution < -0.4 is 0 Å². The zero-order chi connectivity index (χ0) is 13.4. The van der Waals surface area contributed by atoms with E-state index in [2.05, 4.69) is 11.1 Å². The highest BCUT2D eigenvalue weighted by Gasteiger charge is 2.37. The first-order valence-electron chi connectivity index (χ1n) is 5.59. The van der Waals surface area contributed by atoms with Gasteiger partial charge in [0.15, 0.2) is 0 Å². The molecular formula is C13H8ClN3OS. The van der Waals surface area contributed by atoms with Crippen LogP contribution in [-0.4, -0.2) is 15.8 Å². The smallest absolute Gasteiger partial charge is 0.255 e. The summed E-state index contributed by atoms with van der Waals surface area (Å²) in [6, 6.07) is 6.60. The Bertz CT molecular complexity index is 678. The SMILES string of the molecule is N#CC1c2cc(Cl)ccc2C(=O)N1Cc1nccs1. The van der Waals surface area contributed by atoms with Gasteiger partial charge in [-0.3, -0.25) is 4.79 Å². The topological polar surface area (TPSA) is 57.0 Å². The summed E-state index contributed by atoms with van der Waals surface area (Å²) in [5, 5.41) is 12.5. The van der Waals surface area contributed by atoms with E-state index >= 15 is 0 Å². The van der Waals surface area contributed by atoms with Crippen LogP contribution in [0.3, 0.4) is 0 Å². The van der Waals surface area contributed by atoms with E-state index in [-0.39, 0.29) is 5.91 Å². The fraction of sp³-hybridized carbons (Fsp3) is 0.154. The largest absolute Gasteiger partial charge is 0.312 e. The number of fused-ring (bicyclic) bond motifs is 1. The van der Waals surface area contributed by atoms with E-state index < -0.39 is 6.04 Å². The number of hydrogen-bond acceptors (Lipinski definition) is 4. The van der Waals surface area contributed by atoms with Gasteiger partial charge in [0.2, 0.25) is 0 Å². The highest BCUT2D eigenvalue weighted by Crippen LogP contribution is 2.35. The summed E-state index contributed by atoms with van der Waals surface area (Å²) in [5.74, 6) is -0.145. The molecule has 2 aromatic rings. The summed E-state index contributed by atoms with van der Waals surface area (Å²) in [7, 11) is 0. The molecule has 1 aromatic heterocycles. The number of hydrogen-bond donors (Lipinski definition) is 0. The average Bonchev–Trinajstić information content (AvgIpc) is 2.98. The lowest BCUT2D eigenvalue weighted by atomic mass is 10.1. The van der Waals surface area contributed by atoms with Crippen LogP contribution >= 0.6 is 22.9 Å². The number of nitrogens with zero attached hydrogens (tertiary/aromatic N) is 3. The Morgan fingerprint density at radius 2 is 2.37 bits per heavy atom. The van der Waals surface area contributed by atoms with Crippen molar-refractivity contribution in [3.8, 4) is 6.07 Å². The highest BCUT2D eigenvalue weighted by molar-refractivity contribution is 7.09. The van der Waals surface area contributed by atoms with Crippen LogP contribution in [0.4, 0.5) is 0 Å². The first-order chi connectivity index (χ1) is 9.20. The summed E-state index contributed by atoms with van der Waals surface area (Å²) < 4.78 is 0. The minimum atomic E-state index is -0.593. The quantitative estimate of drug-likeness (QED) is 0.854. The van der Waals surface area contributed by atoms with Gasteiger partial charge in [-0.25, -0.2) is 4.98 Å². The molecule has 0 N–H and O–H groups in total. The van der Waals surface area contributed by atoms with Crippen molar-refractivity contribution in [2.45, 2.75) is 12.6 Å². The second-order valence-electron chi connectivity index (χ2n) is 4.12. The maximum atomic E-state index is 12.3. The van der Waals surface area contributed by atoms with Crippen LogP contribution in [0.5, 0.6) is 0 Å². The predicted octanol–water partition coefficient (Wildman–Crippen LogP) is 3.02. The van der Waals surface area contributed by atoms with E-state index in [1.165, 1.54) is 16.2 Å². The van der Waals surface area contributed by atoms with Gasteiger partial charge >= 0.3 is 0 Å². The molecule has 1 aromatic carbocycles. The van der Waals surface area contributed by atoms with E-state index in [0.717, 1.165) is 5.01 Å². The van der Waals surface area contributed by atoms with Gasteiger partial charge in [-0.05, 0) is 18.2 Å². The molecule has 2 heterocycles. The number of halogens is 1. The molecule has 0 bridgehead atoms. The maximum Gasteiger partial charge on any atom is 0.255 e. The zero-order valence-electron chi connectivity index (χ0n) is 9.71. The molecule has 19 heavy (non-hydrogen) atoms. The number of carbonyl (C=O) groups is 1. The number of rotatable bonds is 2. The van der Waals surface area contributed by atoms with Gasteiger partial charge < -0.3 is 4.90 Å². The summed E-state index contributed by atoms with van der Waals surface area (Å²) in [6.07, 6.45) is 1.69. The second-order valence-corrected chi connectivity index (χ2v) is 5.54. The first kappa shape index (κ1) is 12.2. The minimum absolute atomic E-state index is 0.145. The number of carbonyl (C=O) groups excluding carboxylic acids is 1. The van der Waals surface area contributed by atoms with Gasteiger partial charge in [0.25, 0.3) is 5.91 Å². The fourth-order valence-electron chi connectivity index (χ4n) is 2.17. The Morgan fingerprint density at radius 3 is 3.05 bits per heavy atom. The molecule has 94 valence electrons. The number of nitriles is 1. The van der Waals surface area contributed by atoms with Crippen LogP contribution in [-0.2, 0) is 6.54 Å². The Hall–Kier alpha value is -1.90. The standard InChI is InChI=1S/C13H8ClN3OS/c14-8-1-2-9-10(5-8)11(6-15)17(13(9)18)7-12-16-3-4-19-12/h1-5,11H,7H2. The molecule has 0 aliphatic carbocycles. The van der Waals surface area contributed by atoms with E-state index in [0.29, 0.717) is 22.7 Å². The predicted molar refractivity (Wildman–Crippen MR) is 71.8 cm³/mol. The van der Waals surface area contributed by atoms with E-state index in [9.17, 15) is 10.1 Å². The molecule has 0 fully saturated rings. The molecule has 0 saturated carbocycles. The van der Waals surface area contributed by atoms with Crippen molar-refractivity contribution in [2.24, 2.45) is 0 Å². The van der Waals surface area contributed by atoms with Crippen LogP contribution in [0.2, 0.25) is 5.02 Å². The molecule has 3 rings (SSSR count). The highest BCUT2D eigenvalue weighted by atomic mass is 35.5. The van der Waals surface area contributed by atoms with Crippen molar-refractivity contribution in [1.82, 2.24) is 9.88 Å². The van der Waals surface area contributed by atoms with Gasteiger partial charge in [0.1, 0.15) is 11.0 Å². The third-order valence-corrected chi connectivity index (χ3v) is 4.02. The second kappa shape index (κ2) is 4.65. The van der Waals surface area contributed by atoms with Gasteiger partial charge in [-0.15, -0.1) is 11.3 Å². The van der Waals surface area contributed by atoms with E-state index in [1.54, 1.807) is 24.4 Å². The molecule has 1 atom stereocenters. The minimum Gasteiger partial charge on any atom is -0.312 e. The Balaban J connectivity index is 2.00. The van der Waals surface area contributed by atoms with Crippen molar-refractivity contribution in [3.63, 3.8) is 0 Å². The Kier molecular flexibility index (Phi) is 2.97. The molecule has 1 amide bonds. The number of thiazole rings is 1. The molecule has 1 aliphatic rings. The van der Waals surface area contributed by atoms with Crippen molar-refractivity contribution >= 4 is 28.8 Å². The molecule has 0 spiro atoms. The number of amides is 1. The van der Waals surface area contributed by atoms with Crippen molar-refractivity contribution < 1.29 is 4.79 Å². The van der Waals surface area contributed by atoms with Gasteiger partial charge in [-0.2, -0.15) is 5.26 Å². The van der Waals surface area contributed by atoms with Gasteiger partial charge in [0.05, 0.1) is 12.6 Å². The lowest BCUT2D eigenvalue weighted by molar-refractivity contribution is 0.0744. The average molecular weight is 290 g/mol. The number of benzene rings is 1. The normalized spacial score (nSPS) is 17.4. The zero-order valence-corrected chi connectivity index (χ0v) is 11.3. The molecule has 0 radical (unpaired) electrons. The molecule has 1 aliphatic heterocycles. The Morgan fingerprint density at radius 1 is 1.53 bits per heavy atom. The summed E-state index contributed by atoms with van der Waals surface area (Å²) in [6.45, 7) is 0.348. The van der Waals surface area contributed by atoms with Crippen LogP contribution in [0, 0.1) is 11.3 Å². The van der Waals surface area contributed by atoms with Crippen molar-refractivity contribution in [1.29, 1.82) is 5.26 Å². The maximum absolute atomic E-state index is 12.3. The molecule has 1 unspecified atom stereocenters. The molecule has 6 heteroatoms. The van der Waals surface area contributed by atoms with E-state index in [4.69, 9.17) is 11.6 Å². The van der Waals surface area contributed by atoms with Crippen molar-refractivity contribution in [2.75, 3.05) is 0 Å². The monoisotopic (exact) mass is 289 g/mol. The first-order valence-corrected chi connectivity index (χ1v) is 6.85. The molecule has 0 saturated heterocycles. The van der Waals surface area contributed by atoms with Gasteiger partial charge in [-0.1, -0.05) is 11.6 Å². The Labute approximate surface area is 118 Å². The van der Waals surface area contributed by atoms with Crippen LogP contribution in [0.15, 0.2) is 29.8 Å². The number of aromatic nitrogens is 1. The third kappa shape index (κ3) is 1.99. The lowest BCUT2D eigenvalue weighted by Gasteiger charge is -2.18. The summed E-state index contributed by atoms with van der Waals surface area (Å²) >= 11 is 7.40. The summed E-state index contributed by atoms with van der Waals surface area (Å²) in [5.41, 5.74) is 1.23. The van der Waals surface area contributed by atoms with Crippen LogP contribution in [0.25, 0.3) is 0 Å². The third-order valence-electron chi connectivity index (χ3n) is 3.02. The van der Waals surface area contributed by atoms with Crippen LogP contribution in [0.1, 0.15) is 27.0 Å². The van der Waals surface area contributed by atoms with E-state index in [1.807, 2.05) is 5.38 Å². The van der Waals surface area contributed by atoms with Gasteiger partial charge in [0, 0.05) is 27.7 Å².